The molecule has 0 spiro atoms. The number of rotatable bonds is 8. The maximum absolute atomic E-state index is 13.5. The van der Waals surface area contributed by atoms with Crippen molar-refractivity contribution in [3.63, 3.8) is 0 Å². The van der Waals surface area contributed by atoms with Crippen LogP contribution in [0.3, 0.4) is 0 Å². The van der Waals surface area contributed by atoms with Crippen LogP contribution in [0.5, 0.6) is 0 Å². The molecule has 3 heterocycles. The van der Waals surface area contributed by atoms with Crippen LogP contribution >= 0.6 is 11.3 Å². The van der Waals surface area contributed by atoms with Gasteiger partial charge in [0.15, 0.2) is 0 Å². The number of hydrogen-bond acceptors (Lipinski definition) is 6. The second-order valence-corrected chi connectivity index (χ2v) is 10.7. The van der Waals surface area contributed by atoms with Gasteiger partial charge in [-0.1, -0.05) is 13.0 Å². The first kappa shape index (κ1) is 23.0. The summed E-state index contributed by atoms with van der Waals surface area (Å²) in [5.74, 6) is 0.294. The first-order chi connectivity index (χ1) is 16.5. The maximum atomic E-state index is 13.5. The Kier molecular flexibility index (Phi) is 6.42. The maximum Gasteiger partial charge on any atom is 0.264 e. The monoisotopic (exact) mass is 480 g/mol. The van der Waals surface area contributed by atoms with Crippen molar-refractivity contribution in [3.05, 3.63) is 45.9 Å². The van der Waals surface area contributed by atoms with Gasteiger partial charge in [0.25, 0.3) is 11.8 Å². The number of nitrogens with zero attached hydrogens (tertiary/aromatic N) is 4. The summed E-state index contributed by atoms with van der Waals surface area (Å²) in [6.07, 6.45) is 6.87. The number of benzene rings is 1. The Morgan fingerprint density at radius 1 is 1.24 bits per heavy atom. The lowest BCUT2D eigenvalue weighted by Crippen LogP contribution is -2.46. The van der Waals surface area contributed by atoms with Gasteiger partial charge in [-0.15, -0.1) is 11.3 Å². The number of imide groups is 1. The summed E-state index contributed by atoms with van der Waals surface area (Å²) in [6, 6.07) is 5.08. The molecule has 1 aromatic heterocycles. The second-order valence-electron chi connectivity index (χ2n) is 9.74. The molecule has 2 fully saturated rings. The van der Waals surface area contributed by atoms with Gasteiger partial charge in [-0.2, -0.15) is 0 Å². The summed E-state index contributed by atoms with van der Waals surface area (Å²) in [4.78, 5) is 50.0. The highest BCUT2D eigenvalue weighted by Gasteiger charge is 2.43. The third-order valence-electron chi connectivity index (χ3n) is 7.21. The van der Waals surface area contributed by atoms with Gasteiger partial charge >= 0.3 is 0 Å². The minimum atomic E-state index is -0.416. The molecule has 0 radical (unpaired) electrons. The Morgan fingerprint density at radius 3 is 2.76 bits per heavy atom. The zero-order valence-electron chi connectivity index (χ0n) is 19.9. The molecule has 180 valence electrons. The summed E-state index contributed by atoms with van der Waals surface area (Å²) in [7, 11) is 0. The normalized spacial score (nSPS) is 21.1. The minimum Gasteiger partial charge on any atom is -0.370 e. The molecule has 1 aromatic carbocycles. The largest absolute Gasteiger partial charge is 0.370 e. The van der Waals surface area contributed by atoms with E-state index in [1.165, 1.54) is 29.1 Å². The molecule has 5 rings (SSSR count). The lowest BCUT2D eigenvalue weighted by atomic mass is 9.94. The third kappa shape index (κ3) is 4.24. The van der Waals surface area contributed by atoms with E-state index in [0.717, 1.165) is 49.6 Å². The zero-order valence-corrected chi connectivity index (χ0v) is 20.7. The van der Waals surface area contributed by atoms with Crippen LogP contribution in [0, 0.1) is 11.8 Å². The highest BCUT2D eigenvalue weighted by atomic mass is 32.1. The van der Waals surface area contributed by atoms with E-state index in [1.54, 1.807) is 12.3 Å². The van der Waals surface area contributed by atoms with Crippen molar-refractivity contribution < 1.29 is 14.4 Å². The predicted octanol–water partition coefficient (Wildman–Crippen LogP) is 4.37. The van der Waals surface area contributed by atoms with Gasteiger partial charge < -0.3 is 9.80 Å². The van der Waals surface area contributed by atoms with Crippen molar-refractivity contribution in [2.24, 2.45) is 11.8 Å². The van der Waals surface area contributed by atoms with Crippen LogP contribution in [0.1, 0.15) is 77.7 Å². The molecule has 2 aromatic rings. The van der Waals surface area contributed by atoms with Crippen LogP contribution in [0.4, 0.5) is 5.69 Å². The second kappa shape index (κ2) is 9.49. The van der Waals surface area contributed by atoms with Crippen LogP contribution in [0.25, 0.3) is 0 Å². The van der Waals surface area contributed by atoms with Crippen molar-refractivity contribution in [3.8, 4) is 0 Å². The van der Waals surface area contributed by atoms with E-state index in [9.17, 15) is 14.4 Å². The summed E-state index contributed by atoms with van der Waals surface area (Å²) < 4.78 is 0. The number of piperidine rings is 1. The Labute approximate surface area is 204 Å². The van der Waals surface area contributed by atoms with Crippen LogP contribution in [0.2, 0.25) is 0 Å². The molecule has 2 aliphatic heterocycles. The first-order valence-electron chi connectivity index (χ1n) is 12.4. The standard InChI is InChI=1S/C26H32N4O3S/c1-3-12-29(15-18-9-10-18)24(31)19-6-5-13-28(16-19)21-8-4-7-20-22(21)26(33)30(25(20)32)17(2)23-27-11-14-34-23/h4,7-8,11,14,17-19H,3,5-6,9-10,12-13,15-16H2,1-2H3/t17-,19+/m0/s1. The van der Waals surface area contributed by atoms with E-state index in [4.69, 9.17) is 0 Å². The van der Waals surface area contributed by atoms with Crippen molar-refractivity contribution in [1.82, 2.24) is 14.8 Å². The summed E-state index contributed by atoms with van der Waals surface area (Å²) in [6.45, 7) is 7.01. The quantitative estimate of drug-likeness (QED) is 0.525. The molecule has 2 atom stereocenters. The molecular formula is C26H32N4O3S. The molecule has 3 amide bonds. The van der Waals surface area contributed by atoms with Crippen LogP contribution < -0.4 is 4.90 Å². The van der Waals surface area contributed by atoms with E-state index in [-0.39, 0.29) is 23.6 Å². The van der Waals surface area contributed by atoms with Crippen LogP contribution in [-0.4, -0.2) is 58.7 Å². The first-order valence-corrected chi connectivity index (χ1v) is 13.3. The molecule has 0 bridgehead atoms. The lowest BCUT2D eigenvalue weighted by Gasteiger charge is -2.37. The van der Waals surface area contributed by atoms with Gasteiger partial charge in [-0.05, 0) is 57.1 Å². The Balaban J connectivity index is 1.38. The summed E-state index contributed by atoms with van der Waals surface area (Å²) >= 11 is 1.44. The van der Waals surface area contributed by atoms with Gasteiger partial charge in [0, 0.05) is 37.8 Å². The fraction of sp³-hybridized carbons (Fsp3) is 0.538. The Hall–Kier alpha value is -2.74. The number of anilines is 1. The van der Waals surface area contributed by atoms with E-state index in [0.29, 0.717) is 23.6 Å². The van der Waals surface area contributed by atoms with Gasteiger partial charge in [0.1, 0.15) is 5.01 Å². The van der Waals surface area contributed by atoms with Crippen LogP contribution in [0.15, 0.2) is 29.8 Å². The fourth-order valence-electron chi connectivity index (χ4n) is 5.28. The minimum absolute atomic E-state index is 0.0764. The van der Waals surface area contributed by atoms with Gasteiger partial charge in [-0.25, -0.2) is 4.98 Å². The number of fused-ring (bicyclic) bond motifs is 1. The molecule has 7 nitrogen and oxygen atoms in total. The van der Waals surface area contributed by atoms with E-state index >= 15 is 0 Å². The van der Waals surface area contributed by atoms with Gasteiger partial charge in [0.2, 0.25) is 5.91 Å². The highest BCUT2D eigenvalue weighted by Crippen LogP contribution is 2.38. The molecule has 34 heavy (non-hydrogen) atoms. The average Bonchev–Trinajstić information content (AvgIpc) is 3.42. The topological polar surface area (TPSA) is 73.8 Å². The SMILES string of the molecule is CCCN(CC1CC1)C(=O)[C@@H]1CCCN(c2cccc3c2C(=O)N([C@@H](C)c2nccs2)C3=O)C1. The number of carbonyl (C=O) groups excluding carboxylic acids is 3. The zero-order chi connectivity index (χ0) is 23.8. The van der Waals surface area contributed by atoms with E-state index in [2.05, 4.69) is 21.7 Å². The number of hydrogen-bond donors (Lipinski definition) is 0. The number of carbonyl (C=O) groups is 3. The summed E-state index contributed by atoms with van der Waals surface area (Å²) in [5, 5.41) is 2.59. The van der Waals surface area contributed by atoms with E-state index < -0.39 is 6.04 Å². The van der Waals surface area contributed by atoms with Crippen molar-refractivity contribution >= 4 is 34.7 Å². The number of aromatic nitrogens is 1. The molecule has 8 heteroatoms. The lowest BCUT2D eigenvalue weighted by molar-refractivity contribution is -0.136. The van der Waals surface area contributed by atoms with E-state index in [1.807, 2.05) is 24.4 Å². The number of amides is 3. The Bertz CT molecular complexity index is 1080. The molecular weight excluding hydrogens is 448 g/mol. The van der Waals surface area contributed by atoms with Gasteiger partial charge in [-0.3, -0.25) is 19.3 Å². The van der Waals surface area contributed by atoms with Crippen molar-refractivity contribution in [1.29, 1.82) is 0 Å². The Morgan fingerprint density at radius 2 is 2.06 bits per heavy atom. The summed E-state index contributed by atoms with van der Waals surface area (Å²) in [5.41, 5.74) is 1.68. The molecule has 1 aliphatic carbocycles. The molecule has 1 saturated carbocycles. The third-order valence-corrected chi connectivity index (χ3v) is 8.16. The predicted molar refractivity (Wildman–Crippen MR) is 132 cm³/mol. The highest BCUT2D eigenvalue weighted by molar-refractivity contribution is 7.09. The van der Waals surface area contributed by atoms with Gasteiger partial charge in [0.05, 0.1) is 28.8 Å². The van der Waals surface area contributed by atoms with Crippen molar-refractivity contribution in [2.45, 2.75) is 52.0 Å². The number of thiazole rings is 1. The van der Waals surface area contributed by atoms with Crippen LogP contribution in [-0.2, 0) is 4.79 Å². The molecule has 0 unspecified atom stereocenters. The molecule has 0 N–H and O–H groups in total. The molecule has 1 saturated heterocycles. The smallest absolute Gasteiger partial charge is 0.264 e. The average molecular weight is 481 g/mol. The molecule has 3 aliphatic rings. The van der Waals surface area contributed by atoms with Crippen molar-refractivity contribution in [2.75, 3.05) is 31.1 Å². The fourth-order valence-corrected chi connectivity index (χ4v) is 5.97.